The first-order chi connectivity index (χ1) is 7.34. The van der Waals surface area contributed by atoms with Gasteiger partial charge in [-0.2, -0.15) is 0 Å². The minimum absolute atomic E-state index is 0.00280. The van der Waals surface area contributed by atoms with Crippen molar-refractivity contribution in [3.05, 3.63) is 0 Å². The lowest BCUT2D eigenvalue weighted by Gasteiger charge is -2.24. The molecule has 0 spiro atoms. The van der Waals surface area contributed by atoms with Gasteiger partial charge in [-0.15, -0.1) is 0 Å². The normalized spacial score (nSPS) is 26.3. The van der Waals surface area contributed by atoms with E-state index in [2.05, 4.69) is 5.32 Å². The molecule has 1 aliphatic heterocycles. The summed E-state index contributed by atoms with van der Waals surface area (Å²) in [6.45, 7) is 2.68. The van der Waals surface area contributed by atoms with Gasteiger partial charge < -0.3 is 10.1 Å². The second kappa shape index (κ2) is 5.50. The number of carbonyl (C=O) groups is 1. The number of hydrogen-bond acceptors (Lipinski definition) is 3. The van der Waals surface area contributed by atoms with Gasteiger partial charge in [0.1, 0.15) is 0 Å². The Kier molecular flexibility index (Phi) is 4.01. The molecule has 3 heteroatoms. The Bertz CT molecular complexity index is 208. The fraction of sp³-hybridized carbons (Fsp3) is 0.917. The topological polar surface area (TPSA) is 38.3 Å². The number of hydrogen-bond donors (Lipinski definition) is 1. The molecular weight excluding hydrogens is 190 g/mol. The molecule has 1 atom stereocenters. The summed E-state index contributed by atoms with van der Waals surface area (Å²) in [6, 6.07) is 0. The lowest BCUT2D eigenvalue weighted by atomic mass is 9.83. The van der Waals surface area contributed by atoms with Crippen molar-refractivity contribution in [2.45, 2.75) is 38.5 Å². The van der Waals surface area contributed by atoms with Gasteiger partial charge in [0.05, 0.1) is 6.61 Å². The summed E-state index contributed by atoms with van der Waals surface area (Å²) >= 11 is 0. The molecular formula is C12H21NO2. The first-order valence-corrected chi connectivity index (χ1v) is 6.21. The summed E-state index contributed by atoms with van der Waals surface area (Å²) in [7, 11) is 0. The molecule has 1 heterocycles. The number of ether oxygens (including phenoxy) is 1. The summed E-state index contributed by atoms with van der Waals surface area (Å²) < 4.78 is 5.24. The summed E-state index contributed by atoms with van der Waals surface area (Å²) in [5.41, 5.74) is 0. The second-order valence-electron chi connectivity index (χ2n) is 4.87. The maximum absolute atomic E-state index is 11.4. The molecule has 0 aromatic rings. The fourth-order valence-electron chi connectivity index (χ4n) is 2.30. The van der Waals surface area contributed by atoms with Crippen molar-refractivity contribution < 1.29 is 9.53 Å². The van der Waals surface area contributed by atoms with E-state index in [1.54, 1.807) is 0 Å². The van der Waals surface area contributed by atoms with Crippen molar-refractivity contribution in [3.8, 4) is 0 Å². The van der Waals surface area contributed by atoms with Crippen LogP contribution in [-0.4, -0.2) is 25.7 Å². The second-order valence-corrected chi connectivity index (χ2v) is 4.87. The third-order valence-corrected chi connectivity index (χ3v) is 3.63. The van der Waals surface area contributed by atoms with Crippen LogP contribution in [0.25, 0.3) is 0 Å². The number of carbonyl (C=O) groups excluding carboxylic acids is 1. The average molecular weight is 211 g/mol. The van der Waals surface area contributed by atoms with E-state index in [9.17, 15) is 4.79 Å². The SMILES string of the molecule is O=C(CC1CCNC1)OCCC1CCC1. The smallest absolute Gasteiger partial charge is 0.306 e. The van der Waals surface area contributed by atoms with Crippen molar-refractivity contribution in [2.75, 3.05) is 19.7 Å². The van der Waals surface area contributed by atoms with Crippen LogP contribution in [0.15, 0.2) is 0 Å². The van der Waals surface area contributed by atoms with E-state index in [4.69, 9.17) is 4.74 Å². The lowest BCUT2D eigenvalue weighted by Crippen LogP contribution is -2.18. The van der Waals surface area contributed by atoms with Crippen LogP contribution in [-0.2, 0) is 9.53 Å². The van der Waals surface area contributed by atoms with Crippen LogP contribution in [0.5, 0.6) is 0 Å². The minimum atomic E-state index is 0.00280. The van der Waals surface area contributed by atoms with Gasteiger partial charge in [-0.25, -0.2) is 0 Å². The maximum Gasteiger partial charge on any atom is 0.306 e. The van der Waals surface area contributed by atoms with Crippen LogP contribution in [0.1, 0.15) is 38.5 Å². The lowest BCUT2D eigenvalue weighted by molar-refractivity contribution is -0.145. The highest BCUT2D eigenvalue weighted by atomic mass is 16.5. The number of nitrogens with one attached hydrogen (secondary N) is 1. The van der Waals surface area contributed by atoms with Crippen LogP contribution < -0.4 is 5.32 Å². The molecule has 86 valence electrons. The zero-order chi connectivity index (χ0) is 10.5. The minimum Gasteiger partial charge on any atom is -0.466 e. The Hall–Kier alpha value is -0.570. The predicted molar refractivity (Wildman–Crippen MR) is 58.5 cm³/mol. The molecule has 0 aromatic heterocycles. The van der Waals surface area contributed by atoms with E-state index in [0.29, 0.717) is 18.9 Å². The molecule has 1 saturated carbocycles. The largest absolute Gasteiger partial charge is 0.466 e. The molecule has 0 bridgehead atoms. The maximum atomic E-state index is 11.4. The van der Waals surface area contributed by atoms with E-state index in [1.807, 2.05) is 0 Å². The molecule has 2 fully saturated rings. The molecule has 1 aliphatic carbocycles. The first-order valence-electron chi connectivity index (χ1n) is 6.21. The van der Waals surface area contributed by atoms with Gasteiger partial charge >= 0.3 is 5.97 Å². The van der Waals surface area contributed by atoms with E-state index in [-0.39, 0.29) is 5.97 Å². The van der Waals surface area contributed by atoms with E-state index >= 15 is 0 Å². The molecule has 2 rings (SSSR count). The molecule has 0 amide bonds. The van der Waals surface area contributed by atoms with Gasteiger partial charge in [-0.1, -0.05) is 19.3 Å². The van der Waals surface area contributed by atoms with Crippen LogP contribution in [0.3, 0.4) is 0 Å². The molecule has 1 unspecified atom stereocenters. The van der Waals surface area contributed by atoms with E-state index in [0.717, 1.165) is 31.8 Å². The van der Waals surface area contributed by atoms with Gasteiger partial charge in [0, 0.05) is 6.42 Å². The highest BCUT2D eigenvalue weighted by molar-refractivity contribution is 5.69. The third-order valence-electron chi connectivity index (χ3n) is 3.63. The van der Waals surface area contributed by atoms with E-state index < -0.39 is 0 Å². The van der Waals surface area contributed by atoms with Crippen molar-refractivity contribution >= 4 is 5.97 Å². The number of esters is 1. The Labute approximate surface area is 91.6 Å². The fourth-order valence-corrected chi connectivity index (χ4v) is 2.30. The predicted octanol–water partition coefficient (Wildman–Crippen LogP) is 1.72. The van der Waals surface area contributed by atoms with Crippen LogP contribution in [0.2, 0.25) is 0 Å². The Morgan fingerprint density at radius 1 is 1.27 bits per heavy atom. The molecule has 3 nitrogen and oxygen atoms in total. The van der Waals surface area contributed by atoms with Crippen LogP contribution in [0, 0.1) is 11.8 Å². The van der Waals surface area contributed by atoms with Crippen molar-refractivity contribution in [1.82, 2.24) is 5.32 Å². The van der Waals surface area contributed by atoms with Crippen LogP contribution >= 0.6 is 0 Å². The summed E-state index contributed by atoms with van der Waals surface area (Å²) in [4.78, 5) is 11.4. The van der Waals surface area contributed by atoms with Crippen molar-refractivity contribution in [1.29, 1.82) is 0 Å². The third kappa shape index (κ3) is 3.49. The Morgan fingerprint density at radius 3 is 2.73 bits per heavy atom. The summed E-state index contributed by atoms with van der Waals surface area (Å²) in [5, 5.41) is 3.26. The molecule has 0 aromatic carbocycles. The zero-order valence-corrected chi connectivity index (χ0v) is 9.34. The summed E-state index contributed by atoms with van der Waals surface area (Å²) in [5.74, 6) is 1.36. The molecule has 0 radical (unpaired) electrons. The zero-order valence-electron chi connectivity index (χ0n) is 9.34. The van der Waals surface area contributed by atoms with Gasteiger partial charge in [-0.05, 0) is 37.8 Å². The molecule has 15 heavy (non-hydrogen) atoms. The molecule has 1 saturated heterocycles. The van der Waals surface area contributed by atoms with Gasteiger partial charge in [0.2, 0.25) is 0 Å². The molecule has 2 aliphatic rings. The van der Waals surface area contributed by atoms with E-state index in [1.165, 1.54) is 19.3 Å². The molecule has 1 N–H and O–H groups in total. The highest BCUT2D eigenvalue weighted by Gasteiger charge is 2.20. The average Bonchev–Trinajstić information content (AvgIpc) is 2.62. The van der Waals surface area contributed by atoms with Gasteiger partial charge in [0.25, 0.3) is 0 Å². The first kappa shape index (κ1) is 10.9. The van der Waals surface area contributed by atoms with Crippen molar-refractivity contribution in [3.63, 3.8) is 0 Å². The van der Waals surface area contributed by atoms with Gasteiger partial charge in [0.15, 0.2) is 0 Å². The monoisotopic (exact) mass is 211 g/mol. The number of rotatable bonds is 5. The Balaban J connectivity index is 1.51. The van der Waals surface area contributed by atoms with Gasteiger partial charge in [-0.3, -0.25) is 4.79 Å². The highest BCUT2D eigenvalue weighted by Crippen LogP contribution is 2.29. The standard InChI is InChI=1S/C12H21NO2/c14-12(8-11-4-6-13-9-11)15-7-5-10-2-1-3-10/h10-11,13H,1-9H2. The quantitative estimate of drug-likeness (QED) is 0.704. The van der Waals surface area contributed by atoms with Crippen molar-refractivity contribution in [2.24, 2.45) is 11.8 Å². The Morgan fingerprint density at radius 2 is 2.13 bits per heavy atom. The summed E-state index contributed by atoms with van der Waals surface area (Å²) in [6.07, 6.45) is 6.85. The van der Waals surface area contributed by atoms with Crippen LogP contribution in [0.4, 0.5) is 0 Å².